The van der Waals surface area contributed by atoms with E-state index in [1.165, 1.54) is 13.2 Å². The van der Waals surface area contributed by atoms with Crippen molar-refractivity contribution in [2.45, 2.75) is 25.8 Å². The molecule has 2 rings (SSSR count). The number of methoxy groups -OCH3 is 1. The Bertz CT molecular complexity index is 652. The third-order valence-electron chi connectivity index (χ3n) is 3.71. The van der Waals surface area contributed by atoms with Gasteiger partial charge in [0.1, 0.15) is 0 Å². The second-order valence-electron chi connectivity index (χ2n) is 5.29. The van der Waals surface area contributed by atoms with E-state index in [2.05, 4.69) is 5.32 Å². The van der Waals surface area contributed by atoms with E-state index in [0.717, 1.165) is 5.69 Å². The molecule has 0 aliphatic carbocycles. The van der Waals surface area contributed by atoms with Gasteiger partial charge in [0.15, 0.2) is 11.6 Å². The fourth-order valence-electron chi connectivity index (χ4n) is 2.35. The lowest BCUT2D eigenvalue weighted by molar-refractivity contribution is -0.121. The van der Waals surface area contributed by atoms with Gasteiger partial charge in [-0.25, -0.2) is 4.39 Å². The normalized spacial score (nSPS) is 12.0. The van der Waals surface area contributed by atoms with Crippen molar-refractivity contribution in [2.75, 3.05) is 7.11 Å². The van der Waals surface area contributed by atoms with Gasteiger partial charge in [0.2, 0.25) is 5.91 Å². The Hall–Kier alpha value is -2.30. The molecule has 0 aliphatic heterocycles. The number of ether oxygens (including phenoxy) is 1. The van der Waals surface area contributed by atoms with Crippen LogP contribution in [0.3, 0.4) is 0 Å². The van der Waals surface area contributed by atoms with Gasteiger partial charge in [0, 0.05) is 25.4 Å². The van der Waals surface area contributed by atoms with Gasteiger partial charge in [-0.1, -0.05) is 6.07 Å². The molecule has 2 aromatic rings. The molecule has 1 unspecified atom stereocenters. The molecule has 0 aliphatic rings. The summed E-state index contributed by atoms with van der Waals surface area (Å²) in [7, 11) is 3.38. The summed E-state index contributed by atoms with van der Waals surface area (Å²) in [5.41, 5.74) is 1.82. The lowest BCUT2D eigenvalue weighted by atomic mass is 10.1. The number of benzene rings is 1. The molecule has 1 atom stereocenters. The summed E-state index contributed by atoms with van der Waals surface area (Å²) in [6.07, 6.45) is 3.04. The highest BCUT2D eigenvalue weighted by Crippen LogP contribution is 2.21. The largest absolute Gasteiger partial charge is 0.494 e. The molecule has 22 heavy (non-hydrogen) atoms. The molecule has 1 N–H and O–H groups in total. The third-order valence-corrected chi connectivity index (χ3v) is 3.71. The van der Waals surface area contributed by atoms with Crippen molar-refractivity contribution in [3.63, 3.8) is 0 Å². The average Bonchev–Trinajstić information content (AvgIpc) is 2.90. The Kier molecular flexibility index (Phi) is 5.20. The van der Waals surface area contributed by atoms with E-state index in [-0.39, 0.29) is 17.7 Å². The van der Waals surface area contributed by atoms with Gasteiger partial charge in [-0.3, -0.25) is 4.79 Å². The zero-order valence-electron chi connectivity index (χ0n) is 13.1. The standard InChI is InChI=1S/C17H21FN2O2/c1-12(13-6-8-16(22-3)15(18)11-13)19-17(21)9-7-14-5-4-10-20(14)2/h4-6,8,10-12H,7,9H2,1-3H3,(H,19,21). The topological polar surface area (TPSA) is 43.3 Å². The molecule has 118 valence electrons. The lowest BCUT2D eigenvalue weighted by Gasteiger charge is -2.15. The summed E-state index contributed by atoms with van der Waals surface area (Å²) in [6.45, 7) is 1.83. The number of amides is 1. The van der Waals surface area contributed by atoms with Crippen LogP contribution in [-0.2, 0) is 18.3 Å². The van der Waals surface area contributed by atoms with E-state index in [1.807, 2.05) is 36.9 Å². The minimum Gasteiger partial charge on any atom is -0.494 e. The highest BCUT2D eigenvalue weighted by molar-refractivity contribution is 5.76. The van der Waals surface area contributed by atoms with Gasteiger partial charge in [-0.2, -0.15) is 0 Å². The van der Waals surface area contributed by atoms with Gasteiger partial charge in [-0.15, -0.1) is 0 Å². The highest BCUT2D eigenvalue weighted by Gasteiger charge is 2.12. The van der Waals surface area contributed by atoms with Crippen LogP contribution in [0.25, 0.3) is 0 Å². The smallest absolute Gasteiger partial charge is 0.220 e. The van der Waals surface area contributed by atoms with E-state index in [9.17, 15) is 9.18 Å². The van der Waals surface area contributed by atoms with Crippen LogP contribution in [0.4, 0.5) is 4.39 Å². The summed E-state index contributed by atoms with van der Waals surface area (Å²) in [5.74, 6) is -0.277. The van der Waals surface area contributed by atoms with Crippen LogP contribution >= 0.6 is 0 Å². The lowest BCUT2D eigenvalue weighted by Crippen LogP contribution is -2.27. The van der Waals surface area contributed by atoms with E-state index in [0.29, 0.717) is 18.4 Å². The second kappa shape index (κ2) is 7.11. The Balaban J connectivity index is 1.91. The first-order valence-electron chi connectivity index (χ1n) is 7.24. The second-order valence-corrected chi connectivity index (χ2v) is 5.29. The summed E-state index contributed by atoms with van der Waals surface area (Å²) in [6, 6.07) is 8.41. The Labute approximate surface area is 129 Å². The Morgan fingerprint density at radius 3 is 2.77 bits per heavy atom. The molecule has 0 fully saturated rings. The molecule has 1 aromatic heterocycles. The summed E-state index contributed by atoms with van der Waals surface area (Å²) in [5, 5.41) is 2.89. The van der Waals surface area contributed by atoms with Crippen LogP contribution in [0.2, 0.25) is 0 Å². The number of halogens is 1. The number of hydrogen-bond acceptors (Lipinski definition) is 2. The number of nitrogens with zero attached hydrogens (tertiary/aromatic N) is 1. The quantitative estimate of drug-likeness (QED) is 0.891. The Morgan fingerprint density at radius 2 is 2.18 bits per heavy atom. The van der Waals surface area contributed by atoms with E-state index in [4.69, 9.17) is 4.74 Å². The van der Waals surface area contributed by atoms with Crippen LogP contribution in [0, 0.1) is 5.82 Å². The van der Waals surface area contributed by atoms with Gasteiger partial charge in [0.25, 0.3) is 0 Å². The highest BCUT2D eigenvalue weighted by atomic mass is 19.1. The fraction of sp³-hybridized carbons (Fsp3) is 0.353. The van der Waals surface area contributed by atoms with Crippen LogP contribution in [0.15, 0.2) is 36.5 Å². The van der Waals surface area contributed by atoms with Crippen LogP contribution < -0.4 is 10.1 Å². The first-order valence-corrected chi connectivity index (χ1v) is 7.24. The number of aryl methyl sites for hydroxylation is 2. The first-order chi connectivity index (χ1) is 10.5. The van der Waals surface area contributed by atoms with Crippen LogP contribution in [0.1, 0.15) is 30.6 Å². The molecule has 0 spiro atoms. The number of carbonyl (C=O) groups is 1. The van der Waals surface area contributed by atoms with Crippen molar-refractivity contribution < 1.29 is 13.9 Å². The van der Waals surface area contributed by atoms with Gasteiger partial charge < -0.3 is 14.6 Å². The summed E-state index contributed by atoms with van der Waals surface area (Å²) >= 11 is 0. The maximum Gasteiger partial charge on any atom is 0.220 e. The molecule has 1 aromatic carbocycles. The third kappa shape index (κ3) is 3.87. The predicted molar refractivity (Wildman–Crippen MR) is 83.2 cm³/mol. The van der Waals surface area contributed by atoms with Gasteiger partial charge >= 0.3 is 0 Å². The summed E-state index contributed by atoms with van der Waals surface area (Å²) < 4.78 is 20.6. The molecule has 1 amide bonds. The molecular formula is C17H21FN2O2. The van der Waals surface area contributed by atoms with Crippen molar-refractivity contribution in [1.82, 2.24) is 9.88 Å². The van der Waals surface area contributed by atoms with Crippen LogP contribution in [-0.4, -0.2) is 17.6 Å². The van der Waals surface area contributed by atoms with E-state index < -0.39 is 5.82 Å². The van der Waals surface area contributed by atoms with Crippen molar-refractivity contribution in [2.24, 2.45) is 7.05 Å². The van der Waals surface area contributed by atoms with Crippen LogP contribution in [0.5, 0.6) is 5.75 Å². The van der Waals surface area contributed by atoms with E-state index >= 15 is 0 Å². The van der Waals surface area contributed by atoms with Crippen molar-refractivity contribution in [1.29, 1.82) is 0 Å². The summed E-state index contributed by atoms with van der Waals surface area (Å²) in [4.78, 5) is 12.0. The fourth-order valence-corrected chi connectivity index (χ4v) is 2.35. The Morgan fingerprint density at radius 1 is 1.41 bits per heavy atom. The zero-order chi connectivity index (χ0) is 16.1. The molecule has 0 radical (unpaired) electrons. The minimum atomic E-state index is -0.426. The molecule has 0 bridgehead atoms. The molecule has 0 saturated heterocycles. The number of carbonyl (C=O) groups excluding carboxylic acids is 1. The maximum atomic E-state index is 13.7. The number of hydrogen-bond donors (Lipinski definition) is 1. The average molecular weight is 304 g/mol. The van der Waals surface area contributed by atoms with Gasteiger partial charge in [0.05, 0.1) is 13.2 Å². The predicted octanol–water partition coefficient (Wildman–Crippen LogP) is 2.98. The van der Waals surface area contributed by atoms with Gasteiger partial charge in [-0.05, 0) is 43.2 Å². The number of rotatable bonds is 6. The number of aromatic nitrogens is 1. The molecule has 1 heterocycles. The molecule has 5 heteroatoms. The maximum absolute atomic E-state index is 13.7. The molecule has 0 saturated carbocycles. The van der Waals surface area contributed by atoms with Crippen molar-refractivity contribution >= 4 is 5.91 Å². The first kappa shape index (κ1) is 16.1. The van der Waals surface area contributed by atoms with Crippen molar-refractivity contribution in [3.8, 4) is 5.75 Å². The minimum absolute atomic E-state index is 0.0510. The SMILES string of the molecule is COc1ccc(C(C)NC(=O)CCc2cccn2C)cc1F. The molecule has 4 nitrogen and oxygen atoms in total. The molecular weight excluding hydrogens is 283 g/mol. The van der Waals surface area contributed by atoms with E-state index in [1.54, 1.807) is 12.1 Å². The zero-order valence-corrected chi connectivity index (χ0v) is 13.1. The monoisotopic (exact) mass is 304 g/mol. The number of nitrogens with one attached hydrogen (secondary N) is 1. The van der Waals surface area contributed by atoms with Crippen molar-refractivity contribution in [3.05, 3.63) is 53.6 Å².